The molecule has 2 aromatic carbocycles. The quantitative estimate of drug-likeness (QED) is 0.808. The average molecular weight is 355 g/mol. The number of hydrogen-bond acceptors (Lipinski definition) is 3. The predicted molar refractivity (Wildman–Crippen MR) is 108 cm³/mol. The summed E-state index contributed by atoms with van der Waals surface area (Å²) in [5, 5.41) is 2.99. The molecule has 0 saturated heterocycles. The van der Waals surface area contributed by atoms with E-state index in [9.17, 15) is 4.79 Å². The van der Waals surface area contributed by atoms with Gasteiger partial charge in [-0.05, 0) is 62.2 Å². The van der Waals surface area contributed by atoms with E-state index in [0.717, 1.165) is 23.5 Å². The zero-order valence-corrected chi connectivity index (χ0v) is 16.3. The van der Waals surface area contributed by atoms with Gasteiger partial charge in [-0.2, -0.15) is 0 Å². The van der Waals surface area contributed by atoms with E-state index in [1.807, 2.05) is 79.3 Å². The molecule has 2 rings (SSSR count). The van der Waals surface area contributed by atoms with Gasteiger partial charge in [0.2, 0.25) is 0 Å². The third-order valence-electron chi connectivity index (χ3n) is 4.46. The van der Waals surface area contributed by atoms with Gasteiger partial charge in [-0.15, -0.1) is 0 Å². The van der Waals surface area contributed by atoms with Gasteiger partial charge in [-0.25, -0.2) is 4.79 Å². The van der Waals surface area contributed by atoms with Crippen molar-refractivity contribution in [2.75, 3.05) is 38.0 Å². The van der Waals surface area contributed by atoms with Crippen LogP contribution in [0.4, 0.5) is 16.2 Å². The number of likely N-dealkylation sites (N-methyl/N-ethyl adjacent to an activating group) is 1. The highest BCUT2D eigenvalue weighted by molar-refractivity contribution is 5.89. The van der Waals surface area contributed by atoms with Gasteiger partial charge in [-0.1, -0.05) is 12.1 Å². The third-order valence-corrected chi connectivity index (χ3v) is 4.46. The maximum absolute atomic E-state index is 12.7. The van der Waals surface area contributed by atoms with E-state index in [0.29, 0.717) is 6.54 Å². The maximum Gasteiger partial charge on any atom is 0.322 e. The Morgan fingerprint density at radius 1 is 1.08 bits per heavy atom. The van der Waals surface area contributed by atoms with Crippen LogP contribution in [0.5, 0.6) is 5.75 Å². The minimum atomic E-state index is -0.0777. The van der Waals surface area contributed by atoms with Crippen molar-refractivity contribution in [1.29, 1.82) is 0 Å². The molecule has 5 nitrogen and oxygen atoms in total. The van der Waals surface area contributed by atoms with E-state index in [-0.39, 0.29) is 12.1 Å². The third kappa shape index (κ3) is 5.15. The topological polar surface area (TPSA) is 44.8 Å². The number of nitrogens with zero attached hydrogens (tertiary/aromatic N) is 2. The summed E-state index contributed by atoms with van der Waals surface area (Å²) in [4.78, 5) is 16.6. The van der Waals surface area contributed by atoms with Crippen LogP contribution in [0.25, 0.3) is 0 Å². The molecule has 0 radical (unpaired) electrons. The van der Waals surface area contributed by atoms with Crippen LogP contribution in [-0.2, 0) is 6.42 Å². The summed E-state index contributed by atoms with van der Waals surface area (Å²) in [5.41, 5.74) is 3.08. The summed E-state index contributed by atoms with van der Waals surface area (Å²) in [6.45, 7) is 4.72. The number of methoxy groups -OCH3 is 1. The number of rotatable bonds is 7. The van der Waals surface area contributed by atoms with Crippen LogP contribution < -0.4 is 15.0 Å². The van der Waals surface area contributed by atoms with E-state index in [1.165, 1.54) is 5.56 Å². The Labute approximate surface area is 156 Å². The largest absolute Gasteiger partial charge is 0.497 e. The van der Waals surface area contributed by atoms with Gasteiger partial charge in [0.1, 0.15) is 5.75 Å². The summed E-state index contributed by atoms with van der Waals surface area (Å²) < 4.78 is 5.19. The second kappa shape index (κ2) is 9.13. The SMILES string of the molecule is CCN(C(=O)Nc1ccc(N(C)C)cc1)C(C)Cc1ccc(OC)cc1. The first-order valence-corrected chi connectivity index (χ1v) is 8.92. The van der Waals surface area contributed by atoms with Crippen LogP contribution in [0.1, 0.15) is 19.4 Å². The van der Waals surface area contributed by atoms with Crippen LogP contribution >= 0.6 is 0 Å². The van der Waals surface area contributed by atoms with E-state index in [1.54, 1.807) is 7.11 Å². The smallest absolute Gasteiger partial charge is 0.322 e. The first kappa shape index (κ1) is 19.6. The number of carbonyl (C=O) groups excluding carboxylic acids is 1. The second-order valence-electron chi connectivity index (χ2n) is 6.56. The molecule has 0 aliphatic carbocycles. The fourth-order valence-corrected chi connectivity index (χ4v) is 2.91. The molecule has 140 valence electrons. The monoisotopic (exact) mass is 355 g/mol. The molecule has 0 heterocycles. The van der Waals surface area contributed by atoms with E-state index < -0.39 is 0 Å². The normalized spacial score (nSPS) is 11.6. The molecule has 1 N–H and O–H groups in total. The van der Waals surface area contributed by atoms with E-state index in [2.05, 4.69) is 12.2 Å². The first-order valence-electron chi connectivity index (χ1n) is 8.92. The summed E-state index contributed by atoms with van der Waals surface area (Å²) in [6.07, 6.45) is 0.796. The van der Waals surface area contributed by atoms with E-state index >= 15 is 0 Å². The molecule has 1 atom stereocenters. The number of benzene rings is 2. The van der Waals surface area contributed by atoms with Gasteiger partial charge >= 0.3 is 6.03 Å². The molecule has 0 aliphatic heterocycles. The van der Waals surface area contributed by atoms with Gasteiger partial charge in [0.05, 0.1) is 7.11 Å². The molecular formula is C21H29N3O2. The number of nitrogens with one attached hydrogen (secondary N) is 1. The van der Waals surface area contributed by atoms with Crippen LogP contribution in [0.3, 0.4) is 0 Å². The molecular weight excluding hydrogens is 326 g/mol. The Balaban J connectivity index is 1.99. The first-order chi connectivity index (χ1) is 12.4. The van der Waals surface area contributed by atoms with Crippen molar-refractivity contribution in [2.24, 2.45) is 0 Å². The zero-order valence-electron chi connectivity index (χ0n) is 16.3. The van der Waals surface area contributed by atoms with Gasteiger partial charge in [-0.3, -0.25) is 0 Å². The van der Waals surface area contributed by atoms with Gasteiger partial charge in [0, 0.05) is 38.1 Å². The minimum absolute atomic E-state index is 0.0777. The number of ether oxygens (including phenoxy) is 1. The van der Waals surface area contributed by atoms with Crippen molar-refractivity contribution in [3.8, 4) is 5.75 Å². The van der Waals surface area contributed by atoms with Crippen LogP contribution in [0.2, 0.25) is 0 Å². The van der Waals surface area contributed by atoms with Crippen molar-refractivity contribution < 1.29 is 9.53 Å². The zero-order chi connectivity index (χ0) is 19.1. The van der Waals surface area contributed by atoms with Crippen molar-refractivity contribution in [3.05, 3.63) is 54.1 Å². The molecule has 0 aliphatic rings. The highest BCUT2D eigenvalue weighted by atomic mass is 16.5. The lowest BCUT2D eigenvalue weighted by Gasteiger charge is -2.28. The molecule has 1 unspecified atom stereocenters. The molecule has 0 fully saturated rings. The molecule has 26 heavy (non-hydrogen) atoms. The Morgan fingerprint density at radius 3 is 2.19 bits per heavy atom. The minimum Gasteiger partial charge on any atom is -0.497 e. The molecule has 2 aromatic rings. The van der Waals surface area contributed by atoms with Crippen LogP contribution in [-0.4, -0.2) is 44.7 Å². The van der Waals surface area contributed by atoms with Crippen molar-refractivity contribution in [2.45, 2.75) is 26.3 Å². The van der Waals surface area contributed by atoms with Crippen LogP contribution in [0, 0.1) is 0 Å². The summed E-state index contributed by atoms with van der Waals surface area (Å²) in [5.74, 6) is 0.840. The second-order valence-corrected chi connectivity index (χ2v) is 6.56. The molecule has 5 heteroatoms. The fourth-order valence-electron chi connectivity index (χ4n) is 2.91. The molecule has 2 amide bonds. The van der Waals surface area contributed by atoms with Crippen molar-refractivity contribution >= 4 is 17.4 Å². The molecule has 0 saturated carbocycles. The average Bonchev–Trinajstić information content (AvgIpc) is 2.63. The molecule has 0 aromatic heterocycles. The Bertz CT molecular complexity index is 696. The highest BCUT2D eigenvalue weighted by Gasteiger charge is 2.19. The Hall–Kier alpha value is -2.69. The highest BCUT2D eigenvalue weighted by Crippen LogP contribution is 2.18. The Morgan fingerprint density at radius 2 is 1.69 bits per heavy atom. The maximum atomic E-state index is 12.7. The van der Waals surface area contributed by atoms with Gasteiger partial charge in [0.25, 0.3) is 0 Å². The number of amides is 2. The summed E-state index contributed by atoms with van der Waals surface area (Å²) in [7, 11) is 5.65. The lowest BCUT2D eigenvalue weighted by Crippen LogP contribution is -2.42. The molecule has 0 spiro atoms. The number of urea groups is 1. The van der Waals surface area contributed by atoms with Gasteiger partial charge in [0.15, 0.2) is 0 Å². The number of carbonyl (C=O) groups is 1. The number of hydrogen-bond donors (Lipinski definition) is 1. The Kier molecular flexibility index (Phi) is 6.89. The van der Waals surface area contributed by atoms with Crippen molar-refractivity contribution in [1.82, 2.24) is 4.90 Å². The fraction of sp³-hybridized carbons (Fsp3) is 0.381. The summed E-state index contributed by atoms with van der Waals surface area (Å²) in [6, 6.07) is 15.8. The number of anilines is 2. The molecule has 0 bridgehead atoms. The van der Waals surface area contributed by atoms with Crippen LogP contribution in [0.15, 0.2) is 48.5 Å². The van der Waals surface area contributed by atoms with Crippen molar-refractivity contribution in [3.63, 3.8) is 0 Å². The van der Waals surface area contributed by atoms with Gasteiger partial charge < -0.3 is 19.9 Å². The lowest BCUT2D eigenvalue weighted by molar-refractivity contribution is 0.196. The summed E-state index contributed by atoms with van der Waals surface area (Å²) >= 11 is 0. The lowest BCUT2D eigenvalue weighted by atomic mass is 10.1. The van der Waals surface area contributed by atoms with E-state index in [4.69, 9.17) is 4.74 Å². The predicted octanol–water partition coefficient (Wildman–Crippen LogP) is 4.25. The standard InChI is InChI=1S/C21H29N3O2/c1-6-24(16(2)15-17-7-13-20(26-5)14-8-17)21(25)22-18-9-11-19(12-10-18)23(3)4/h7-14,16H,6,15H2,1-5H3,(H,22,25).